The number of likely N-dealkylation sites (tertiary alicyclic amines) is 1. The molecule has 2 aliphatic rings. The Morgan fingerprint density at radius 1 is 1.48 bits per heavy atom. The standard InChI is InChI=1S/C13H15FN2O4S/c1-19-5-4-15-11(17)2-3-13(14,12(15)18)16-6-9-7-21-8-10(9)20-16/h7-8H,2-6H2,1H3/t13-/m1/s1. The molecule has 0 unspecified atom stereocenters. The fraction of sp³-hybridized carbons (Fsp3) is 0.538. The van der Waals surface area contributed by atoms with Crippen molar-refractivity contribution in [3.8, 4) is 5.75 Å². The van der Waals surface area contributed by atoms with E-state index in [0.29, 0.717) is 5.75 Å². The molecule has 8 heteroatoms. The molecule has 0 N–H and O–H groups in total. The average molecular weight is 314 g/mol. The zero-order chi connectivity index (χ0) is 15.0. The van der Waals surface area contributed by atoms with Crippen LogP contribution in [0.5, 0.6) is 5.75 Å². The van der Waals surface area contributed by atoms with E-state index in [1.807, 2.05) is 5.38 Å². The van der Waals surface area contributed by atoms with Crippen molar-refractivity contribution in [2.45, 2.75) is 25.2 Å². The minimum absolute atomic E-state index is 0.0291. The second-order valence-electron chi connectivity index (χ2n) is 4.99. The molecule has 1 aromatic rings. The summed E-state index contributed by atoms with van der Waals surface area (Å²) < 4.78 is 20.0. The molecule has 3 heterocycles. The number of halogens is 1. The van der Waals surface area contributed by atoms with Crippen LogP contribution in [0.2, 0.25) is 0 Å². The van der Waals surface area contributed by atoms with E-state index in [1.54, 1.807) is 5.38 Å². The number of rotatable bonds is 4. The van der Waals surface area contributed by atoms with Gasteiger partial charge < -0.3 is 9.57 Å². The van der Waals surface area contributed by atoms with Crippen LogP contribution < -0.4 is 4.84 Å². The van der Waals surface area contributed by atoms with Crippen molar-refractivity contribution < 1.29 is 23.6 Å². The Labute approximate surface area is 125 Å². The van der Waals surface area contributed by atoms with Gasteiger partial charge in [-0.25, -0.2) is 4.39 Å². The largest absolute Gasteiger partial charge is 0.401 e. The number of nitrogens with zero attached hydrogens (tertiary/aromatic N) is 2. The van der Waals surface area contributed by atoms with Gasteiger partial charge in [0.15, 0.2) is 5.75 Å². The third-order valence-corrected chi connectivity index (χ3v) is 4.45. The Morgan fingerprint density at radius 2 is 2.29 bits per heavy atom. The van der Waals surface area contributed by atoms with Gasteiger partial charge in [0.25, 0.3) is 11.7 Å². The minimum Gasteiger partial charge on any atom is -0.401 e. The first kappa shape index (κ1) is 14.4. The molecule has 0 spiro atoms. The predicted molar refractivity (Wildman–Crippen MR) is 72.2 cm³/mol. The zero-order valence-corrected chi connectivity index (χ0v) is 12.3. The number of hydrogen-bond acceptors (Lipinski definition) is 6. The highest BCUT2D eigenvalue weighted by Crippen LogP contribution is 2.40. The fourth-order valence-electron chi connectivity index (χ4n) is 2.49. The summed E-state index contributed by atoms with van der Waals surface area (Å²) in [5, 5.41) is 4.67. The summed E-state index contributed by atoms with van der Waals surface area (Å²) >= 11 is 1.46. The highest BCUT2D eigenvalue weighted by molar-refractivity contribution is 7.08. The number of hydrogen-bond donors (Lipinski definition) is 0. The van der Waals surface area contributed by atoms with Gasteiger partial charge in [-0.3, -0.25) is 14.5 Å². The van der Waals surface area contributed by atoms with Crippen LogP contribution in [0.1, 0.15) is 18.4 Å². The molecular formula is C13H15FN2O4S. The van der Waals surface area contributed by atoms with E-state index in [9.17, 15) is 9.59 Å². The van der Waals surface area contributed by atoms with Crippen molar-refractivity contribution in [1.82, 2.24) is 9.96 Å². The molecule has 1 fully saturated rings. The maximum atomic E-state index is 15.2. The number of piperidine rings is 1. The smallest absolute Gasteiger partial charge is 0.285 e. The quantitative estimate of drug-likeness (QED) is 0.620. The van der Waals surface area contributed by atoms with Gasteiger partial charge in [0.05, 0.1) is 19.7 Å². The molecule has 0 saturated carbocycles. The lowest BCUT2D eigenvalue weighted by Gasteiger charge is -2.38. The molecule has 0 radical (unpaired) electrons. The third-order valence-electron chi connectivity index (χ3n) is 3.68. The van der Waals surface area contributed by atoms with Crippen LogP contribution in [0, 0.1) is 0 Å². The zero-order valence-electron chi connectivity index (χ0n) is 11.5. The number of ether oxygens (including phenoxy) is 1. The van der Waals surface area contributed by atoms with Gasteiger partial charge in [0.2, 0.25) is 5.91 Å². The number of alkyl halides is 1. The first-order valence-corrected chi connectivity index (χ1v) is 7.54. The number of thiophene rings is 1. The van der Waals surface area contributed by atoms with Gasteiger partial charge in [-0.2, -0.15) is 0 Å². The molecule has 2 aliphatic heterocycles. The second-order valence-corrected chi connectivity index (χ2v) is 5.74. The molecule has 0 aliphatic carbocycles. The monoisotopic (exact) mass is 314 g/mol. The van der Waals surface area contributed by atoms with Gasteiger partial charge in [-0.1, -0.05) is 5.06 Å². The summed E-state index contributed by atoms with van der Waals surface area (Å²) in [5.74, 6) is -2.98. The van der Waals surface area contributed by atoms with Crippen molar-refractivity contribution in [2.75, 3.05) is 20.3 Å². The number of fused-ring (bicyclic) bond motifs is 1. The topological polar surface area (TPSA) is 59.1 Å². The number of imide groups is 1. The molecule has 3 rings (SSSR count). The Hall–Kier alpha value is -1.51. The first-order chi connectivity index (χ1) is 10.1. The molecule has 0 aromatic carbocycles. The van der Waals surface area contributed by atoms with Gasteiger partial charge in [-0.05, 0) is 5.38 Å². The van der Waals surface area contributed by atoms with E-state index in [4.69, 9.17) is 9.57 Å². The third kappa shape index (κ3) is 2.33. The van der Waals surface area contributed by atoms with Crippen LogP contribution in [0.15, 0.2) is 10.8 Å². The molecule has 2 amide bonds. The van der Waals surface area contributed by atoms with Crippen LogP contribution in [-0.2, 0) is 20.9 Å². The van der Waals surface area contributed by atoms with E-state index in [1.165, 1.54) is 18.4 Å². The van der Waals surface area contributed by atoms with E-state index < -0.39 is 11.7 Å². The van der Waals surface area contributed by atoms with E-state index in [2.05, 4.69) is 0 Å². The van der Waals surface area contributed by atoms with Crippen molar-refractivity contribution >= 4 is 23.2 Å². The van der Waals surface area contributed by atoms with Crippen molar-refractivity contribution in [3.63, 3.8) is 0 Å². The van der Waals surface area contributed by atoms with Crippen LogP contribution in [0.25, 0.3) is 0 Å². The maximum Gasteiger partial charge on any atom is 0.285 e. The molecule has 0 bridgehead atoms. The Balaban J connectivity index is 1.79. The van der Waals surface area contributed by atoms with E-state index in [-0.39, 0.29) is 38.4 Å². The lowest BCUT2D eigenvalue weighted by Crippen LogP contribution is -2.61. The van der Waals surface area contributed by atoms with Crippen LogP contribution in [0.4, 0.5) is 4.39 Å². The lowest BCUT2D eigenvalue weighted by molar-refractivity contribution is -0.218. The second kappa shape index (κ2) is 5.36. The van der Waals surface area contributed by atoms with E-state index >= 15 is 4.39 Å². The Bertz CT molecular complexity index is 558. The molecule has 1 aromatic heterocycles. The Kier molecular flexibility index (Phi) is 3.68. The molecule has 21 heavy (non-hydrogen) atoms. The fourth-order valence-corrected chi connectivity index (χ4v) is 3.23. The average Bonchev–Trinajstić information content (AvgIpc) is 3.05. The summed E-state index contributed by atoms with van der Waals surface area (Å²) in [4.78, 5) is 30.5. The van der Waals surface area contributed by atoms with Crippen molar-refractivity contribution in [3.05, 3.63) is 16.3 Å². The maximum absolute atomic E-state index is 15.2. The molecule has 1 atom stereocenters. The number of methoxy groups -OCH3 is 1. The van der Waals surface area contributed by atoms with Gasteiger partial charge in [-0.15, -0.1) is 11.3 Å². The summed E-state index contributed by atoms with van der Waals surface area (Å²) in [5.41, 5.74) is 0.852. The van der Waals surface area contributed by atoms with Crippen molar-refractivity contribution in [1.29, 1.82) is 0 Å². The van der Waals surface area contributed by atoms with Gasteiger partial charge >= 0.3 is 0 Å². The summed E-state index contributed by atoms with van der Waals surface area (Å²) in [7, 11) is 1.46. The van der Waals surface area contributed by atoms with Crippen LogP contribution in [0.3, 0.4) is 0 Å². The summed E-state index contributed by atoms with van der Waals surface area (Å²) in [6.45, 7) is 0.434. The number of hydroxylamine groups is 2. The summed E-state index contributed by atoms with van der Waals surface area (Å²) in [6, 6.07) is 0. The summed E-state index contributed by atoms with van der Waals surface area (Å²) in [6.07, 6.45) is -0.222. The van der Waals surface area contributed by atoms with Crippen molar-refractivity contribution in [2.24, 2.45) is 0 Å². The van der Waals surface area contributed by atoms with E-state index in [0.717, 1.165) is 15.5 Å². The number of carbonyl (C=O) groups is 2. The van der Waals surface area contributed by atoms with Gasteiger partial charge in [0.1, 0.15) is 0 Å². The van der Waals surface area contributed by atoms with Crippen LogP contribution in [-0.4, -0.2) is 47.8 Å². The molecule has 6 nitrogen and oxygen atoms in total. The normalized spacial score (nSPS) is 26.1. The first-order valence-electron chi connectivity index (χ1n) is 6.59. The predicted octanol–water partition coefficient (Wildman–Crippen LogP) is 1.32. The molecular weight excluding hydrogens is 299 g/mol. The highest BCUT2D eigenvalue weighted by atomic mass is 32.1. The minimum atomic E-state index is -2.31. The number of amides is 2. The molecule has 1 saturated heterocycles. The molecule has 114 valence electrons. The van der Waals surface area contributed by atoms with Crippen LogP contribution >= 0.6 is 11.3 Å². The SMILES string of the molecule is COCCN1C(=O)CC[C@@](F)(N2Cc3cscc3O2)C1=O. The lowest BCUT2D eigenvalue weighted by atomic mass is 10.0. The number of carbonyl (C=O) groups excluding carboxylic acids is 2. The Morgan fingerprint density at radius 3 is 3.00 bits per heavy atom. The highest BCUT2D eigenvalue weighted by Gasteiger charge is 2.55. The van der Waals surface area contributed by atoms with Gasteiger partial charge in [0, 0.05) is 30.9 Å².